The molecule has 136 valence electrons. The number of hydrogen-bond acceptors (Lipinski definition) is 5. The maximum atomic E-state index is 12.6. The zero-order valence-corrected chi connectivity index (χ0v) is 15.5. The number of carbonyl (C=O) groups is 1. The highest BCUT2D eigenvalue weighted by molar-refractivity contribution is 7.89. The van der Waals surface area contributed by atoms with Crippen molar-refractivity contribution >= 4 is 15.9 Å². The van der Waals surface area contributed by atoms with Gasteiger partial charge in [0.2, 0.25) is 10.0 Å². The van der Waals surface area contributed by atoms with Crippen molar-refractivity contribution in [2.24, 2.45) is 0 Å². The lowest BCUT2D eigenvalue weighted by Crippen LogP contribution is -2.31. The number of rotatable bonds is 7. The second-order valence-corrected chi connectivity index (χ2v) is 7.56. The fraction of sp³-hybridized carbons (Fsp3) is 0.353. The number of furan rings is 1. The Labute approximate surface area is 147 Å². The van der Waals surface area contributed by atoms with Gasteiger partial charge in [-0.1, -0.05) is 0 Å². The van der Waals surface area contributed by atoms with Crippen LogP contribution in [0.15, 0.2) is 45.9 Å². The fourth-order valence-electron chi connectivity index (χ4n) is 2.32. The maximum Gasteiger partial charge on any atom is 0.254 e. The van der Waals surface area contributed by atoms with E-state index in [0.717, 1.165) is 0 Å². The number of ether oxygens (including phenoxy) is 1. The van der Waals surface area contributed by atoms with Gasteiger partial charge in [-0.25, -0.2) is 13.1 Å². The van der Waals surface area contributed by atoms with Crippen molar-refractivity contribution < 1.29 is 22.4 Å². The number of methoxy groups -OCH3 is 1. The summed E-state index contributed by atoms with van der Waals surface area (Å²) in [5.41, 5.74) is 0.249. The van der Waals surface area contributed by atoms with Crippen molar-refractivity contribution in [3.63, 3.8) is 0 Å². The average molecular weight is 366 g/mol. The highest BCUT2D eigenvalue weighted by Crippen LogP contribution is 2.25. The molecule has 0 saturated carbocycles. The molecule has 0 unspecified atom stereocenters. The number of nitrogens with zero attached hydrogens (tertiary/aromatic N) is 1. The van der Waals surface area contributed by atoms with Crippen molar-refractivity contribution in [3.8, 4) is 5.75 Å². The summed E-state index contributed by atoms with van der Waals surface area (Å²) in [6, 6.07) is 7.56. The predicted molar refractivity (Wildman–Crippen MR) is 93.0 cm³/mol. The van der Waals surface area contributed by atoms with E-state index in [4.69, 9.17) is 9.15 Å². The van der Waals surface area contributed by atoms with E-state index in [2.05, 4.69) is 4.72 Å². The molecule has 2 aromatic rings. The molecular formula is C17H22N2O5S. The summed E-state index contributed by atoms with van der Waals surface area (Å²) in [6.07, 6.45) is 1.53. The van der Waals surface area contributed by atoms with Crippen LogP contribution in [-0.4, -0.2) is 39.4 Å². The van der Waals surface area contributed by atoms with E-state index in [1.165, 1.54) is 36.5 Å². The van der Waals surface area contributed by atoms with Crippen LogP contribution in [0.2, 0.25) is 0 Å². The standard InChI is InChI=1S/C17H22N2O5S/c1-12(2)18-25(21,22)16-10-13(7-8-15(16)23-4)17(20)19(3)11-14-6-5-9-24-14/h5-10,12,18H,11H2,1-4H3. The second-order valence-electron chi connectivity index (χ2n) is 5.88. The third-order valence-electron chi connectivity index (χ3n) is 3.41. The Morgan fingerprint density at radius 3 is 2.60 bits per heavy atom. The third-order valence-corrected chi connectivity index (χ3v) is 5.09. The van der Waals surface area contributed by atoms with Crippen LogP contribution in [0, 0.1) is 0 Å². The van der Waals surface area contributed by atoms with Crippen LogP contribution in [0.1, 0.15) is 30.0 Å². The summed E-state index contributed by atoms with van der Waals surface area (Å²) in [4.78, 5) is 14.0. The van der Waals surface area contributed by atoms with E-state index < -0.39 is 10.0 Å². The molecule has 0 spiro atoms. The van der Waals surface area contributed by atoms with Gasteiger partial charge in [-0.05, 0) is 44.2 Å². The molecule has 0 bridgehead atoms. The number of carbonyl (C=O) groups excluding carboxylic acids is 1. The zero-order chi connectivity index (χ0) is 18.6. The predicted octanol–water partition coefficient (Wildman–Crippen LogP) is 2.25. The summed E-state index contributed by atoms with van der Waals surface area (Å²) >= 11 is 0. The quantitative estimate of drug-likeness (QED) is 0.812. The van der Waals surface area contributed by atoms with Crippen LogP contribution in [-0.2, 0) is 16.6 Å². The van der Waals surface area contributed by atoms with Crippen molar-refractivity contribution in [2.75, 3.05) is 14.2 Å². The molecule has 2 rings (SSSR count). The molecule has 25 heavy (non-hydrogen) atoms. The molecule has 0 radical (unpaired) electrons. The molecule has 1 aromatic carbocycles. The molecule has 0 aliphatic carbocycles. The van der Waals surface area contributed by atoms with Crippen LogP contribution in [0.5, 0.6) is 5.75 Å². The molecule has 7 nitrogen and oxygen atoms in total. The number of sulfonamides is 1. The van der Waals surface area contributed by atoms with E-state index in [-0.39, 0.29) is 34.7 Å². The van der Waals surface area contributed by atoms with Gasteiger partial charge in [0, 0.05) is 18.7 Å². The number of amides is 1. The van der Waals surface area contributed by atoms with Gasteiger partial charge in [0.25, 0.3) is 5.91 Å². The first kappa shape index (κ1) is 19.0. The Balaban J connectivity index is 2.33. The topological polar surface area (TPSA) is 88.8 Å². The summed E-state index contributed by atoms with van der Waals surface area (Å²) in [6.45, 7) is 3.72. The van der Waals surface area contributed by atoms with Crippen LogP contribution in [0.4, 0.5) is 0 Å². The monoisotopic (exact) mass is 366 g/mol. The lowest BCUT2D eigenvalue weighted by atomic mass is 10.2. The molecule has 0 aliphatic heterocycles. The summed E-state index contributed by atoms with van der Waals surface area (Å²) in [7, 11) is -0.794. The Morgan fingerprint density at radius 2 is 2.04 bits per heavy atom. The second kappa shape index (κ2) is 7.71. The molecule has 1 aromatic heterocycles. The first-order valence-corrected chi connectivity index (χ1v) is 9.21. The van der Waals surface area contributed by atoms with E-state index in [0.29, 0.717) is 5.76 Å². The Bertz CT molecular complexity index is 829. The molecule has 0 saturated heterocycles. The lowest BCUT2D eigenvalue weighted by Gasteiger charge is -2.18. The summed E-state index contributed by atoms with van der Waals surface area (Å²) in [5, 5.41) is 0. The molecule has 0 atom stereocenters. The van der Waals surface area contributed by atoms with Crippen LogP contribution in [0.25, 0.3) is 0 Å². The van der Waals surface area contributed by atoms with Gasteiger partial charge in [0.05, 0.1) is 19.9 Å². The molecule has 0 fully saturated rings. The first-order chi connectivity index (χ1) is 11.7. The smallest absolute Gasteiger partial charge is 0.254 e. The van der Waals surface area contributed by atoms with E-state index in [1.54, 1.807) is 33.0 Å². The van der Waals surface area contributed by atoms with Gasteiger partial charge in [-0.2, -0.15) is 0 Å². The van der Waals surface area contributed by atoms with E-state index in [1.807, 2.05) is 0 Å². The lowest BCUT2D eigenvalue weighted by molar-refractivity contribution is 0.0775. The third kappa shape index (κ3) is 4.61. The molecule has 8 heteroatoms. The summed E-state index contributed by atoms with van der Waals surface area (Å²) < 4.78 is 37.8. The normalized spacial score (nSPS) is 11.6. The van der Waals surface area contributed by atoms with Crippen molar-refractivity contribution in [3.05, 3.63) is 47.9 Å². The molecule has 1 heterocycles. The highest BCUT2D eigenvalue weighted by Gasteiger charge is 2.23. The summed E-state index contributed by atoms with van der Waals surface area (Å²) in [5.74, 6) is 0.497. The maximum absolute atomic E-state index is 12.6. The van der Waals surface area contributed by atoms with Crippen LogP contribution >= 0.6 is 0 Å². The van der Waals surface area contributed by atoms with E-state index >= 15 is 0 Å². The van der Waals surface area contributed by atoms with Crippen molar-refractivity contribution in [1.29, 1.82) is 0 Å². The minimum absolute atomic E-state index is 0.0686. The molecule has 1 amide bonds. The SMILES string of the molecule is COc1ccc(C(=O)N(C)Cc2ccco2)cc1S(=O)(=O)NC(C)C. The number of nitrogens with one attached hydrogen (secondary N) is 1. The van der Waals surface area contributed by atoms with Crippen LogP contribution < -0.4 is 9.46 Å². The fourth-order valence-corrected chi connectivity index (χ4v) is 3.77. The Kier molecular flexibility index (Phi) is 5.86. The van der Waals surface area contributed by atoms with Gasteiger partial charge in [-0.15, -0.1) is 0 Å². The van der Waals surface area contributed by atoms with Crippen LogP contribution in [0.3, 0.4) is 0 Å². The van der Waals surface area contributed by atoms with Gasteiger partial charge in [0.1, 0.15) is 16.4 Å². The van der Waals surface area contributed by atoms with Gasteiger partial charge < -0.3 is 14.1 Å². The number of hydrogen-bond donors (Lipinski definition) is 1. The van der Waals surface area contributed by atoms with Gasteiger partial charge >= 0.3 is 0 Å². The number of benzene rings is 1. The Morgan fingerprint density at radius 1 is 1.32 bits per heavy atom. The Hall–Kier alpha value is -2.32. The van der Waals surface area contributed by atoms with Gasteiger partial charge in [-0.3, -0.25) is 4.79 Å². The van der Waals surface area contributed by atoms with E-state index in [9.17, 15) is 13.2 Å². The van der Waals surface area contributed by atoms with Gasteiger partial charge in [0.15, 0.2) is 0 Å². The molecular weight excluding hydrogens is 344 g/mol. The molecule has 1 N–H and O–H groups in total. The zero-order valence-electron chi connectivity index (χ0n) is 14.6. The highest BCUT2D eigenvalue weighted by atomic mass is 32.2. The largest absolute Gasteiger partial charge is 0.495 e. The molecule has 0 aliphatic rings. The minimum atomic E-state index is -3.80. The first-order valence-electron chi connectivity index (χ1n) is 7.73. The average Bonchev–Trinajstić information content (AvgIpc) is 3.05. The van der Waals surface area contributed by atoms with Crippen molar-refractivity contribution in [2.45, 2.75) is 31.3 Å². The van der Waals surface area contributed by atoms with Crippen molar-refractivity contribution in [1.82, 2.24) is 9.62 Å². The minimum Gasteiger partial charge on any atom is -0.495 e.